The fourth-order valence-corrected chi connectivity index (χ4v) is 3.20. The van der Waals surface area contributed by atoms with Gasteiger partial charge in [-0.25, -0.2) is 0 Å². The van der Waals surface area contributed by atoms with Crippen molar-refractivity contribution in [3.05, 3.63) is 35.9 Å². The molecular formula is C17H28N2O. The lowest BCUT2D eigenvalue weighted by Gasteiger charge is -2.34. The van der Waals surface area contributed by atoms with Crippen molar-refractivity contribution < 1.29 is 5.11 Å². The van der Waals surface area contributed by atoms with Crippen LogP contribution in [0.5, 0.6) is 0 Å². The van der Waals surface area contributed by atoms with Crippen molar-refractivity contribution in [3.8, 4) is 0 Å². The first-order valence-electron chi connectivity index (χ1n) is 7.94. The summed E-state index contributed by atoms with van der Waals surface area (Å²) in [6.07, 6.45) is 6.96. The van der Waals surface area contributed by atoms with Crippen LogP contribution < -0.4 is 11.1 Å². The van der Waals surface area contributed by atoms with E-state index in [1.165, 1.54) is 24.8 Å². The van der Waals surface area contributed by atoms with Crippen molar-refractivity contribution in [1.29, 1.82) is 0 Å². The number of benzene rings is 1. The molecule has 20 heavy (non-hydrogen) atoms. The highest BCUT2D eigenvalue weighted by Crippen LogP contribution is 2.24. The molecule has 0 saturated heterocycles. The number of aliphatic hydroxyl groups excluding tert-OH is 1. The number of hydrogen-bond acceptors (Lipinski definition) is 3. The van der Waals surface area contributed by atoms with E-state index in [1.807, 2.05) is 0 Å². The van der Waals surface area contributed by atoms with Crippen LogP contribution in [0.25, 0.3) is 0 Å². The lowest BCUT2D eigenvalue weighted by Crippen LogP contribution is -2.48. The summed E-state index contributed by atoms with van der Waals surface area (Å²) < 4.78 is 0. The molecule has 0 amide bonds. The fourth-order valence-electron chi connectivity index (χ4n) is 3.20. The van der Waals surface area contributed by atoms with Gasteiger partial charge in [0.05, 0.1) is 0 Å². The third-order valence-corrected chi connectivity index (χ3v) is 4.50. The molecule has 3 atom stereocenters. The molecule has 0 bridgehead atoms. The third kappa shape index (κ3) is 4.58. The van der Waals surface area contributed by atoms with Gasteiger partial charge in [0, 0.05) is 25.2 Å². The maximum atomic E-state index is 9.48. The number of hydrogen-bond donors (Lipinski definition) is 3. The Kier molecular flexibility index (Phi) is 6.51. The Morgan fingerprint density at radius 3 is 2.65 bits per heavy atom. The van der Waals surface area contributed by atoms with E-state index in [4.69, 9.17) is 5.73 Å². The molecule has 0 radical (unpaired) electrons. The van der Waals surface area contributed by atoms with Crippen LogP contribution in [0.3, 0.4) is 0 Å². The van der Waals surface area contributed by atoms with Crippen LogP contribution in [0, 0.1) is 5.92 Å². The summed E-state index contributed by atoms with van der Waals surface area (Å²) in [6, 6.07) is 11.4. The van der Waals surface area contributed by atoms with Crippen LogP contribution >= 0.6 is 0 Å². The summed E-state index contributed by atoms with van der Waals surface area (Å²) in [5.74, 6) is 0.412. The van der Waals surface area contributed by atoms with Crippen molar-refractivity contribution in [2.75, 3.05) is 13.2 Å². The van der Waals surface area contributed by atoms with E-state index < -0.39 is 0 Å². The smallest absolute Gasteiger partial charge is 0.0474 e. The first kappa shape index (κ1) is 15.5. The monoisotopic (exact) mass is 276 g/mol. The van der Waals surface area contributed by atoms with Gasteiger partial charge in [-0.3, -0.25) is 0 Å². The van der Waals surface area contributed by atoms with Crippen LogP contribution in [0.15, 0.2) is 30.3 Å². The van der Waals surface area contributed by atoms with E-state index >= 15 is 0 Å². The summed E-state index contributed by atoms with van der Waals surface area (Å²) in [6.45, 7) is 0.967. The highest BCUT2D eigenvalue weighted by Gasteiger charge is 2.25. The van der Waals surface area contributed by atoms with Gasteiger partial charge < -0.3 is 16.2 Å². The molecule has 0 spiro atoms. The van der Waals surface area contributed by atoms with E-state index in [1.54, 1.807) is 0 Å². The second-order valence-corrected chi connectivity index (χ2v) is 5.96. The van der Waals surface area contributed by atoms with Gasteiger partial charge in [0.15, 0.2) is 0 Å². The highest BCUT2D eigenvalue weighted by molar-refractivity contribution is 5.14. The zero-order chi connectivity index (χ0) is 14.2. The average molecular weight is 276 g/mol. The fraction of sp³-hybridized carbons (Fsp3) is 0.647. The molecule has 1 aliphatic carbocycles. The number of aliphatic hydroxyl groups is 1. The Bertz CT molecular complexity index is 369. The van der Waals surface area contributed by atoms with Gasteiger partial charge in [0.25, 0.3) is 0 Å². The van der Waals surface area contributed by atoms with Gasteiger partial charge >= 0.3 is 0 Å². The molecule has 112 valence electrons. The minimum Gasteiger partial charge on any atom is -0.396 e. The van der Waals surface area contributed by atoms with Gasteiger partial charge in [-0.15, -0.1) is 0 Å². The number of rotatable bonds is 7. The zero-order valence-electron chi connectivity index (χ0n) is 12.3. The van der Waals surface area contributed by atoms with Crippen molar-refractivity contribution >= 4 is 0 Å². The second kappa shape index (κ2) is 8.40. The largest absolute Gasteiger partial charge is 0.396 e. The normalized spacial score (nSPS) is 24.5. The van der Waals surface area contributed by atoms with E-state index in [9.17, 15) is 5.11 Å². The lowest BCUT2D eigenvalue weighted by atomic mass is 9.84. The number of nitrogens with two attached hydrogens (primary N) is 1. The molecule has 2 rings (SSSR count). The maximum Gasteiger partial charge on any atom is 0.0474 e. The minimum atomic E-state index is 0.299. The van der Waals surface area contributed by atoms with Gasteiger partial charge in [-0.2, -0.15) is 0 Å². The molecule has 3 nitrogen and oxygen atoms in total. The van der Waals surface area contributed by atoms with Crippen LogP contribution in [-0.4, -0.2) is 30.3 Å². The molecule has 0 aliphatic heterocycles. The summed E-state index contributed by atoms with van der Waals surface area (Å²) in [5, 5.41) is 13.2. The molecule has 1 saturated carbocycles. The molecule has 1 fully saturated rings. The first-order chi connectivity index (χ1) is 9.83. The molecule has 1 aromatic carbocycles. The Labute approximate surface area is 122 Å². The van der Waals surface area contributed by atoms with Crippen LogP contribution in [-0.2, 0) is 6.42 Å². The Balaban J connectivity index is 1.82. The van der Waals surface area contributed by atoms with Crippen LogP contribution in [0.4, 0.5) is 0 Å². The molecule has 1 aromatic rings. The molecule has 3 heteroatoms. The minimum absolute atomic E-state index is 0.299. The van der Waals surface area contributed by atoms with Gasteiger partial charge in [-0.1, -0.05) is 43.2 Å². The van der Waals surface area contributed by atoms with Crippen LogP contribution in [0.2, 0.25) is 0 Å². The quantitative estimate of drug-likeness (QED) is 0.715. The molecule has 4 N–H and O–H groups in total. The lowest BCUT2D eigenvalue weighted by molar-refractivity contribution is 0.145. The zero-order valence-corrected chi connectivity index (χ0v) is 12.3. The standard InChI is InChI=1S/C17H28N2O/c18-12-16(11-10-14-6-2-1-3-7-14)19-17-9-5-4-8-15(17)13-20/h1-3,6-7,15-17,19-20H,4-5,8-13,18H2. The van der Waals surface area contributed by atoms with E-state index in [0.717, 1.165) is 19.3 Å². The predicted octanol–water partition coefficient (Wildman–Crippen LogP) is 2.09. The Hall–Kier alpha value is -0.900. The Morgan fingerprint density at radius 1 is 1.20 bits per heavy atom. The van der Waals surface area contributed by atoms with E-state index in [-0.39, 0.29) is 0 Å². The summed E-state index contributed by atoms with van der Waals surface area (Å²) in [5.41, 5.74) is 7.29. The Morgan fingerprint density at radius 2 is 1.95 bits per heavy atom. The molecule has 0 heterocycles. The van der Waals surface area contributed by atoms with Crippen molar-refractivity contribution in [2.24, 2.45) is 11.7 Å². The average Bonchev–Trinajstić information content (AvgIpc) is 2.52. The molecule has 1 aliphatic rings. The van der Waals surface area contributed by atoms with Crippen molar-refractivity contribution in [2.45, 2.75) is 50.6 Å². The van der Waals surface area contributed by atoms with Crippen molar-refractivity contribution in [1.82, 2.24) is 5.32 Å². The topological polar surface area (TPSA) is 58.3 Å². The summed E-state index contributed by atoms with van der Waals surface area (Å²) in [4.78, 5) is 0. The first-order valence-corrected chi connectivity index (χ1v) is 7.94. The highest BCUT2D eigenvalue weighted by atomic mass is 16.3. The van der Waals surface area contributed by atoms with E-state index in [2.05, 4.69) is 35.6 Å². The number of aryl methyl sites for hydroxylation is 1. The van der Waals surface area contributed by atoms with E-state index in [0.29, 0.717) is 31.2 Å². The summed E-state index contributed by atoms with van der Waals surface area (Å²) >= 11 is 0. The second-order valence-electron chi connectivity index (χ2n) is 5.96. The molecule has 0 aromatic heterocycles. The van der Waals surface area contributed by atoms with Gasteiger partial charge in [0.1, 0.15) is 0 Å². The number of nitrogens with one attached hydrogen (secondary N) is 1. The van der Waals surface area contributed by atoms with Gasteiger partial charge in [0.2, 0.25) is 0 Å². The molecular weight excluding hydrogens is 248 g/mol. The van der Waals surface area contributed by atoms with Gasteiger partial charge in [-0.05, 0) is 37.2 Å². The predicted molar refractivity (Wildman–Crippen MR) is 83.6 cm³/mol. The SMILES string of the molecule is NCC(CCc1ccccc1)NC1CCCCC1CO. The molecule has 3 unspecified atom stereocenters. The summed E-state index contributed by atoms with van der Waals surface area (Å²) in [7, 11) is 0. The van der Waals surface area contributed by atoms with Crippen LogP contribution in [0.1, 0.15) is 37.7 Å². The third-order valence-electron chi connectivity index (χ3n) is 4.50. The van der Waals surface area contributed by atoms with Crippen molar-refractivity contribution in [3.63, 3.8) is 0 Å². The maximum absolute atomic E-state index is 9.48.